The second-order valence-corrected chi connectivity index (χ2v) is 5.77. The van der Waals surface area contributed by atoms with Crippen LogP contribution in [-0.2, 0) is 4.79 Å². The molecule has 3 N–H and O–H groups in total. The molecule has 0 aliphatic heterocycles. The molecule has 0 aliphatic carbocycles. The molecule has 3 rings (SSSR count). The summed E-state index contributed by atoms with van der Waals surface area (Å²) in [4.78, 5) is 23.1. The van der Waals surface area contributed by atoms with Crippen molar-refractivity contribution in [2.75, 3.05) is 16.0 Å². The molecule has 7 nitrogen and oxygen atoms in total. The molecule has 9 heteroatoms. The lowest BCUT2D eigenvalue weighted by molar-refractivity contribution is -0.114. The molecule has 142 valence electrons. The number of hydrogen-bond donors (Lipinski definition) is 3. The zero-order valence-corrected chi connectivity index (χ0v) is 14.7. The Hall–Kier alpha value is -3.88. The first-order chi connectivity index (χ1) is 13.4. The van der Waals surface area contributed by atoms with Crippen molar-refractivity contribution in [1.29, 1.82) is 0 Å². The summed E-state index contributed by atoms with van der Waals surface area (Å²) in [6.07, 6.45) is 0. The molecule has 0 atom stereocenters. The summed E-state index contributed by atoms with van der Waals surface area (Å²) < 4.78 is 26.1. The van der Waals surface area contributed by atoms with E-state index in [0.717, 1.165) is 12.1 Å². The van der Waals surface area contributed by atoms with Gasteiger partial charge < -0.3 is 16.0 Å². The van der Waals surface area contributed by atoms with Crippen molar-refractivity contribution in [2.45, 2.75) is 6.92 Å². The highest BCUT2D eigenvalue weighted by molar-refractivity contribution is 6.02. The van der Waals surface area contributed by atoms with Gasteiger partial charge in [0.15, 0.2) is 23.1 Å². The van der Waals surface area contributed by atoms with E-state index >= 15 is 0 Å². The van der Waals surface area contributed by atoms with Crippen LogP contribution in [0.5, 0.6) is 0 Å². The molecule has 0 aliphatic rings. The molecule has 0 unspecified atom stereocenters. The van der Waals surface area contributed by atoms with Crippen LogP contribution in [0.1, 0.15) is 17.4 Å². The molecular weight excluding hydrogens is 368 g/mol. The number of aromatic nitrogens is 2. The molecule has 28 heavy (non-hydrogen) atoms. The van der Waals surface area contributed by atoms with Crippen LogP contribution in [0.15, 0.2) is 54.6 Å². The van der Waals surface area contributed by atoms with Gasteiger partial charge in [-0.05, 0) is 48.5 Å². The Labute approximate surface area is 158 Å². The number of rotatable bonds is 5. The summed E-state index contributed by atoms with van der Waals surface area (Å²) in [5.41, 5.74) is 1.49. The molecule has 0 bridgehead atoms. The Morgan fingerprint density at radius 1 is 0.786 bits per heavy atom. The van der Waals surface area contributed by atoms with Gasteiger partial charge in [-0.2, -0.15) is 0 Å². The van der Waals surface area contributed by atoms with E-state index in [9.17, 15) is 18.4 Å². The van der Waals surface area contributed by atoms with E-state index in [1.807, 2.05) is 0 Å². The molecular formula is C19H15F2N5O2. The average Bonchev–Trinajstić information content (AvgIpc) is 2.66. The fourth-order valence-corrected chi connectivity index (χ4v) is 2.28. The monoisotopic (exact) mass is 383 g/mol. The van der Waals surface area contributed by atoms with E-state index < -0.39 is 17.5 Å². The first kappa shape index (κ1) is 18.9. The maximum atomic E-state index is 13.2. The summed E-state index contributed by atoms with van der Waals surface area (Å²) in [6.45, 7) is 1.42. The maximum absolute atomic E-state index is 13.2. The van der Waals surface area contributed by atoms with Gasteiger partial charge in [-0.15, -0.1) is 10.2 Å². The number of carbonyl (C=O) groups excluding carboxylic acids is 2. The van der Waals surface area contributed by atoms with Gasteiger partial charge in [0.1, 0.15) is 0 Å². The van der Waals surface area contributed by atoms with Crippen LogP contribution in [0.4, 0.5) is 31.7 Å². The van der Waals surface area contributed by atoms with Gasteiger partial charge in [-0.1, -0.05) is 0 Å². The van der Waals surface area contributed by atoms with Crippen molar-refractivity contribution in [1.82, 2.24) is 10.2 Å². The third kappa shape index (κ3) is 4.85. The van der Waals surface area contributed by atoms with Crippen molar-refractivity contribution in [3.8, 4) is 0 Å². The van der Waals surface area contributed by atoms with Crippen LogP contribution in [0, 0.1) is 11.6 Å². The van der Waals surface area contributed by atoms with E-state index in [1.54, 1.807) is 30.3 Å². The van der Waals surface area contributed by atoms with Gasteiger partial charge in [-0.25, -0.2) is 8.78 Å². The number of amides is 2. The topological polar surface area (TPSA) is 96.0 Å². The third-order valence-electron chi connectivity index (χ3n) is 3.55. The molecule has 1 heterocycles. The lowest BCUT2D eigenvalue weighted by Gasteiger charge is -2.08. The van der Waals surface area contributed by atoms with Crippen molar-refractivity contribution >= 4 is 34.7 Å². The Morgan fingerprint density at radius 2 is 1.46 bits per heavy atom. The molecule has 1 aromatic heterocycles. The normalized spacial score (nSPS) is 10.2. The van der Waals surface area contributed by atoms with Crippen LogP contribution in [0.3, 0.4) is 0 Å². The maximum Gasteiger partial charge on any atom is 0.276 e. The van der Waals surface area contributed by atoms with Crippen molar-refractivity contribution < 1.29 is 18.4 Å². The lowest BCUT2D eigenvalue weighted by atomic mass is 10.2. The predicted molar refractivity (Wildman–Crippen MR) is 100 cm³/mol. The first-order valence-electron chi connectivity index (χ1n) is 8.15. The zero-order valence-electron chi connectivity index (χ0n) is 14.7. The Balaban J connectivity index is 1.63. The van der Waals surface area contributed by atoms with Crippen molar-refractivity contribution in [3.05, 3.63) is 71.9 Å². The Bertz CT molecular complexity index is 1010. The number of anilines is 4. The highest BCUT2D eigenvalue weighted by Gasteiger charge is 2.11. The molecule has 2 amide bonds. The van der Waals surface area contributed by atoms with Crippen molar-refractivity contribution in [3.63, 3.8) is 0 Å². The van der Waals surface area contributed by atoms with Gasteiger partial charge >= 0.3 is 0 Å². The van der Waals surface area contributed by atoms with Crippen LogP contribution < -0.4 is 16.0 Å². The predicted octanol–water partition coefficient (Wildman–Crippen LogP) is 3.71. The summed E-state index contributed by atoms with van der Waals surface area (Å²) in [5, 5.41) is 15.8. The minimum atomic E-state index is -1.06. The van der Waals surface area contributed by atoms with Gasteiger partial charge in [0, 0.05) is 30.1 Å². The number of carbonyl (C=O) groups is 2. The van der Waals surface area contributed by atoms with E-state index in [0.29, 0.717) is 17.2 Å². The molecule has 0 spiro atoms. The molecule has 2 aromatic carbocycles. The van der Waals surface area contributed by atoms with Crippen LogP contribution in [0.2, 0.25) is 0 Å². The second-order valence-electron chi connectivity index (χ2n) is 5.77. The largest absolute Gasteiger partial charge is 0.339 e. The molecule has 0 radical (unpaired) electrons. The van der Waals surface area contributed by atoms with Gasteiger partial charge in [0.25, 0.3) is 5.91 Å². The highest BCUT2D eigenvalue weighted by atomic mass is 19.2. The highest BCUT2D eigenvalue weighted by Crippen LogP contribution is 2.18. The molecule has 0 saturated heterocycles. The van der Waals surface area contributed by atoms with E-state index in [-0.39, 0.29) is 17.3 Å². The van der Waals surface area contributed by atoms with Gasteiger partial charge in [0.05, 0.1) is 0 Å². The smallest absolute Gasteiger partial charge is 0.276 e. The number of benzene rings is 2. The Kier molecular flexibility index (Phi) is 5.54. The standard InChI is InChI=1S/C19H15F2N5O2/c1-11(27)22-12-2-4-13(5-3-12)23-18-9-8-17(25-26-18)19(28)24-14-6-7-15(20)16(21)10-14/h2-10H,1H3,(H,22,27)(H,23,26)(H,24,28). The number of hydrogen-bond acceptors (Lipinski definition) is 5. The average molecular weight is 383 g/mol. The fourth-order valence-electron chi connectivity index (χ4n) is 2.28. The zero-order chi connectivity index (χ0) is 20.1. The van der Waals surface area contributed by atoms with Crippen LogP contribution in [-0.4, -0.2) is 22.0 Å². The molecule has 0 saturated carbocycles. The second kappa shape index (κ2) is 8.21. The minimum Gasteiger partial charge on any atom is -0.339 e. The number of halogens is 2. The quantitative estimate of drug-likeness (QED) is 0.624. The minimum absolute atomic E-state index is 0.0105. The fraction of sp³-hybridized carbons (Fsp3) is 0.0526. The lowest BCUT2D eigenvalue weighted by Crippen LogP contribution is -2.14. The van der Waals surface area contributed by atoms with E-state index in [1.165, 1.54) is 19.1 Å². The molecule has 0 fully saturated rings. The summed E-state index contributed by atoms with van der Waals surface area (Å²) in [7, 11) is 0. The number of nitrogens with zero attached hydrogens (tertiary/aromatic N) is 2. The van der Waals surface area contributed by atoms with Gasteiger partial charge in [0.2, 0.25) is 5.91 Å². The van der Waals surface area contributed by atoms with Crippen LogP contribution >= 0.6 is 0 Å². The van der Waals surface area contributed by atoms with Crippen LogP contribution in [0.25, 0.3) is 0 Å². The van der Waals surface area contributed by atoms with E-state index in [2.05, 4.69) is 26.1 Å². The van der Waals surface area contributed by atoms with E-state index in [4.69, 9.17) is 0 Å². The number of nitrogens with one attached hydrogen (secondary N) is 3. The Morgan fingerprint density at radius 3 is 2.07 bits per heavy atom. The summed E-state index contributed by atoms with van der Waals surface area (Å²) in [6, 6.07) is 13.0. The summed E-state index contributed by atoms with van der Waals surface area (Å²) >= 11 is 0. The molecule has 3 aromatic rings. The summed E-state index contributed by atoms with van der Waals surface area (Å²) in [5.74, 6) is -2.43. The van der Waals surface area contributed by atoms with Crippen molar-refractivity contribution in [2.24, 2.45) is 0 Å². The first-order valence-corrected chi connectivity index (χ1v) is 8.15. The third-order valence-corrected chi connectivity index (χ3v) is 3.55. The van der Waals surface area contributed by atoms with Gasteiger partial charge in [-0.3, -0.25) is 9.59 Å². The SMILES string of the molecule is CC(=O)Nc1ccc(Nc2ccc(C(=O)Nc3ccc(F)c(F)c3)nn2)cc1.